The number of halogens is 1. The first-order valence-corrected chi connectivity index (χ1v) is 9.68. The Kier molecular flexibility index (Phi) is 6.33. The molecule has 0 radical (unpaired) electrons. The summed E-state index contributed by atoms with van der Waals surface area (Å²) >= 11 is 1.27. The molecule has 1 saturated heterocycles. The third kappa shape index (κ3) is 4.88. The van der Waals surface area contributed by atoms with Crippen molar-refractivity contribution in [2.75, 3.05) is 19.7 Å². The number of ether oxygens (including phenoxy) is 1. The SMILES string of the molecule is O=C(OCC(=O)N1CCCCCCC1)c1csc(-c2ccc(F)cc2)n1. The fraction of sp³-hybridized carbons (Fsp3) is 0.421. The van der Waals surface area contributed by atoms with Gasteiger partial charge in [0, 0.05) is 24.0 Å². The number of aromatic nitrogens is 1. The molecule has 2 aromatic rings. The average molecular weight is 376 g/mol. The van der Waals surface area contributed by atoms with Gasteiger partial charge >= 0.3 is 5.97 Å². The summed E-state index contributed by atoms with van der Waals surface area (Å²) in [4.78, 5) is 30.4. The maximum Gasteiger partial charge on any atom is 0.358 e. The van der Waals surface area contributed by atoms with E-state index in [-0.39, 0.29) is 24.0 Å². The second-order valence-electron chi connectivity index (χ2n) is 6.27. The number of amides is 1. The second kappa shape index (κ2) is 8.89. The van der Waals surface area contributed by atoms with Gasteiger partial charge in [0.15, 0.2) is 12.3 Å². The minimum absolute atomic E-state index is 0.158. The van der Waals surface area contributed by atoms with E-state index in [1.54, 1.807) is 22.4 Å². The molecule has 0 spiro atoms. The van der Waals surface area contributed by atoms with Crippen LogP contribution in [0, 0.1) is 5.82 Å². The van der Waals surface area contributed by atoms with Gasteiger partial charge < -0.3 is 9.64 Å². The lowest BCUT2D eigenvalue weighted by Gasteiger charge is -2.24. The van der Waals surface area contributed by atoms with Crippen LogP contribution >= 0.6 is 11.3 Å². The van der Waals surface area contributed by atoms with Gasteiger partial charge in [-0.25, -0.2) is 14.2 Å². The van der Waals surface area contributed by atoms with Gasteiger partial charge in [-0.05, 0) is 37.1 Å². The Morgan fingerprint density at radius 2 is 1.73 bits per heavy atom. The van der Waals surface area contributed by atoms with E-state index in [1.165, 1.54) is 29.9 Å². The minimum atomic E-state index is -0.616. The van der Waals surface area contributed by atoms with Gasteiger partial charge in [-0.1, -0.05) is 19.3 Å². The first kappa shape index (κ1) is 18.5. The standard InChI is InChI=1S/C19H21FN2O3S/c20-15-8-6-14(7-9-15)18-21-16(13-26-18)19(24)25-12-17(23)22-10-4-2-1-3-5-11-22/h6-9,13H,1-5,10-12H2. The molecule has 1 aromatic carbocycles. The molecule has 0 aliphatic carbocycles. The van der Waals surface area contributed by atoms with Crippen LogP contribution in [0.1, 0.15) is 42.6 Å². The second-order valence-corrected chi connectivity index (χ2v) is 7.13. The van der Waals surface area contributed by atoms with E-state index < -0.39 is 5.97 Å². The summed E-state index contributed by atoms with van der Waals surface area (Å²) in [5.74, 6) is -1.10. The van der Waals surface area contributed by atoms with Crippen LogP contribution in [0.15, 0.2) is 29.6 Å². The summed E-state index contributed by atoms with van der Waals surface area (Å²) in [7, 11) is 0. The predicted octanol–water partition coefficient (Wildman–Crippen LogP) is 3.90. The molecular weight excluding hydrogens is 355 g/mol. The van der Waals surface area contributed by atoms with Gasteiger partial charge in [0.1, 0.15) is 10.8 Å². The molecule has 7 heteroatoms. The Morgan fingerprint density at radius 1 is 1.08 bits per heavy atom. The number of benzene rings is 1. The molecule has 0 saturated carbocycles. The number of carbonyl (C=O) groups is 2. The maximum atomic E-state index is 13.0. The van der Waals surface area contributed by atoms with Crippen LogP contribution in [-0.2, 0) is 9.53 Å². The smallest absolute Gasteiger partial charge is 0.358 e. The molecule has 0 bridgehead atoms. The van der Waals surface area contributed by atoms with Crippen molar-refractivity contribution in [1.82, 2.24) is 9.88 Å². The highest BCUT2D eigenvalue weighted by atomic mass is 32.1. The third-order valence-corrected chi connectivity index (χ3v) is 5.23. The van der Waals surface area contributed by atoms with Crippen LogP contribution in [0.25, 0.3) is 10.6 Å². The van der Waals surface area contributed by atoms with Crippen LogP contribution < -0.4 is 0 Å². The fourth-order valence-corrected chi connectivity index (χ4v) is 3.68. The summed E-state index contributed by atoms with van der Waals surface area (Å²) < 4.78 is 18.1. The van der Waals surface area contributed by atoms with E-state index in [0.717, 1.165) is 44.3 Å². The number of nitrogens with zero attached hydrogens (tertiary/aromatic N) is 2. The van der Waals surface area contributed by atoms with Crippen molar-refractivity contribution >= 4 is 23.2 Å². The molecule has 3 rings (SSSR count). The van der Waals surface area contributed by atoms with Crippen molar-refractivity contribution in [2.24, 2.45) is 0 Å². The molecule has 2 heterocycles. The minimum Gasteiger partial charge on any atom is -0.451 e. The summed E-state index contributed by atoms with van der Waals surface area (Å²) in [5, 5.41) is 2.19. The van der Waals surface area contributed by atoms with Gasteiger partial charge in [0.25, 0.3) is 5.91 Å². The van der Waals surface area contributed by atoms with E-state index in [9.17, 15) is 14.0 Å². The molecule has 138 valence electrons. The first-order valence-electron chi connectivity index (χ1n) is 8.80. The topological polar surface area (TPSA) is 59.5 Å². The van der Waals surface area contributed by atoms with Gasteiger partial charge in [-0.15, -0.1) is 11.3 Å². The molecule has 0 N–H and O–H groups in total. The Morgan fingerprint density at radius 3 is 2.42 bits per heavy atom. The van der Waals surface area contributed by atoms with Crippen molar-refractivity contribution in [1.29, 1.82) is 0 Å². The Hall–Kier alpha value is -2.28. The van der Waals surface area contributed by atoms with Crippen LogP contribution in [0.2, 0.25) is 0 Å². The first-order chi connectivity index (χ1) is 12.6. The molecule has 0 unspecified atom stereocenters. The van der Waals surface area contributed by atoms with Crippen LogP contribution in [-0.4, -0.2) is 41.5 Å². The number of likely N-dealkylation sites (tertiary alicyclic amines) is 1. The lowest BCUT2D eigenvalue weighted by molar-refractivity contribution is -0.134. The Labute approximate surface area is 155 Å². The maximum absolute atomic E-state index is 13.0. The van der Waals surface area contributed by atoms with E-state index in [0.29, 0.717) is 5.01 Å². The number of thiazole rings is 1. The molecule has 1 aromatic heterocycles. The summed E-state index contributed by atoms with van der Waals surface area (Å²) in [6.45, 7) is 1.19. The molecule has 1 fully saturated rings. The zero-order valence-electron chi connectivity index (χ0n) is 14.4. The average Bonchev–Trinajstić information content (AvgIpc) is 3.10. The largest absolute Gasteiger partial charge is 0.451 e. The molecule has 26 heavy (non-hydrogen) atoms. The quantitative estimate of drug-likeness (QED) is 0.760. The van der Waals surface area contributed by atoms with E-state index in [2.05, 4.69) is 4.98 Å². The number of esters is 1. The van der Waals surface area contributed by atoms with Crippen LogP contribution in [0.3, 0.4) is 0 Å². The highest BCUT2D eigenvalue weighted by molar-refractivity contribution is 7.13. The van der Waals surface area contributed by atoms with Gasteiger partial charge in [-0.2, -0.15) is 0 Å². The number of rotatable bonds is 4. The predicted molar refractivity (Wildman–Crippen MR) is 97.5 cm³/mol. The third-order valence-electron chi connectivity index (χ3n) is 4.34. The molecule has 1 aliphatic heterocycles. The zero-order chi connectivity index (χ0) is 18.4. The van der Waals surface area contributed by atoms with Crippen molar-refractivity contribution in [3.63, 3.8) is 0 Å². The van der Waals surface area contributed by atoms with Gasteiger partial charge in [0.2, 0.25) is 0 Å². The van der Waals surface area contributed by atoms with E-state index in [1.807, 2.05) is 0 Å². The van der Waals surface area contributed by atoms with E-state index in [4.69, 9.17) is 4.74 Å². The fourth-order valence-electron chi connectivity index (χ4n) is 2.88. The number of carbonyl (C=O) groups excluding carboxylic acids is 2. The van der Waals surface area contributed by atoms with Crippen molar-refractivity contribution in [2.45, 2.75) is 32.1 Å². The highest BCUT2D eigenvalue weighted by Crippen LogP contribution is 2.24. The summed E-state index contributed by atoms with van der Waals surface area (Å²) in [5.41, 5.74) is 0.891. The Bertz CT molecular complexity index is 752. The summed E-state index contributed by atoms with van der Waals surface area (Å²) in [6.07, 6.45) is 5.47. The molecular formula is C19H21FN2O3S. The van der Waals surface area contributed by atoms with Crippen LogP contribution in [0.4, 0.5) is 4.39 Å². The molecule has 1 aliphatic rings. The zero-order valence-corrected chi connectivity index (χ0v) is 15.3. The van der Waals surface area contributed by atoms with Crippen LogP contribution in [0.5, 0.6) is 0 Å². The summed E-state index contributed by atoms with van der Waals surface area (Å²) in [6, 6.07) is 5.90. The van der Waals surface area contributed by atoms with Gasteiger partial charge in [0.05, 0.1) is 0 Å². The Balaban J connectivity index is 1.54. The number of hydrogen-bond donors (Lipinski definition) is 0. The normalized spacial score (nSPS) is 15.2. The lowest BCUT2D eigenvalue weighted by Crippen LogP contribution is -2.36. The van der Waals surface area contributed by atoms with Gasteiger partial charge in [-0.3, -0.25) is 4.79 Å². The van der Waals surface area contributed by atoms with Crippen molar-refractivity contribution in [3.8, 4) is 10.6 Å². The highest BCUT2D eigenvalue weighted by Gasteiger charge is 2.19. The molecule has 1 amide bonds. The number of hydrogen-bond acceptors (Lipinski definition) is 5. The molecule has 0 atom stereocenters. The monoisotopic (exact) mass is 376 g/mol. The molecule has 5 nitrogen and oxygen atoms in total. The van der Waals surface area contributed by atoms with Crippen molar-refractivity contribution < 1.29 is 18.7 Å². The van der Waals surface area contributed by atoms with E-state index >= 15 is 0 Å². The van der Waals surface area contributed by atoms with Crippen molar-refractivity contribution in [3.05, 3.63) is 41.2 Å². The lowest BCUT2D eigenvalue weighted by atomic mass is 10.1.